The summed E-state index contributed by atoms with van der Waals surface area (Å²) in [5.41, 5.74) is 0. The van der Waals surface area contributed by atoms with E-state index in [-0.39, 0.29) is 11.4 Å². The van der Waals surface area contributed by atoms with E-state index in [2.05, 4.69) is 17.8 Å². The van der Waals surface area contributed by atoms with Crippen molar-refractivity contribution in [3.8, 4) is 0 Å². The van der Waals surface area contributed by atoms with Crippen LogP contribution in [0.4, 0.5) is 0 Å². The van der Waals surface area contributed by atoms with E-state index in [4.69, 9.17) is 4.84 Å². The Bertz CT molecular complexity index is 91.1. The molecule has 0 heterocycles. The van der Waals surface area contributed by atoms with E-state index in [1.165, 1.54) is 0 Å². The summed E-state index contributed by atoms with van der Waals surface area (Å²) >= 11 is 4.07. The Hall–Kier alpha value is -0.180. The first kappa shape index (κ1) is 8.82. The van der Waals surface area contributed by atoms with Crippen molar-refractivity contribution in [1.82, 2.24) is 0 Å². The minimum absolute atomic E-state index is 0.160. The van der Waals surface area contributed by atoms with Crippen LogP contribution in [0.5, 0.6) is 0 Å². The van der Waals surface area contributed by atoms with Crippen molar-refractivity contribution in [2.45, 2.75) is 32.1 Å². The zero-order valence-electron chi connectivity index (χ0n) is 6.03. The molecule has 0 N–H and O–H groups in total. The maximum absolute atomic E-state index is 4.87. The van der Waals surface area contributed by atoms with E-state index >= 15 is 0 Å². The summed E-state index contributed by atoms with van der Waals surface area (Å²) in [7, 11) is 0. The zero-order chi connectivity index (χ0) is 7.28. The first-order valence-electron chi connectivity index (χ1n) is 3.00. The first-order valence-corrected chi connectivity index (χ1v) is 3.52. The molecule has 0 saturated heterocycles. The highest BCUT2D eigenvalue weighted by atomic mass is 32.1. The Kier molecular flexibility index (Phi) is 4.58. The Balaban J connectivity index is 3.25. The van der Waals surface area contributed by atoms with Gasteiger partial charge in [0.2, 0.25) is 0 Å². The van der Waals surface area contributed by atoms with Crippen LogP contribution >= 0.6 is 12.6 Å². The predicted octanol–water partition coefficient (Wildman–Crippen LogP) is 1.72. The molecular weight excluding hydrogens is 134 g/mol. The minimum atomic E-state index is 0.160. The van der Waals surface area contributed by atoms with Crippen LogP contribution in [-0.2, 0) is 4.84 Å². The summed E-state index contributed by atoms with van der Waals surface area (Å²) in [6, 6.07) is 0. The number of oxime groups is 1. The largest absolute Gasteiger partial charge is 0.393 e. The molecule has 54 valence electrons. The van der Waals surface area contributed by atoms with Crippen LogP contribution in [-0.4, -0.2) is 17.6 Å². The minimum Gasteiger partial charge on any atom is -0.393 e. The maximum atomic E-state index is 4.87. The Morgan fingerprint density at radius 3 is 2.33 bits per heavy atom. The highest BCUT2D eigenvalue weighted by Crippen LogP contribution is 1.90. The molecule has 9 heavy (non-hydrogen) atoms. The predicted molar refractivity (Wildman–Crippen MR) is 43.2 cm³/mol. The molecule has 0 aliphatic carbocycles. The van der Waals surface area contributed by atoms with Gasteiger partial charge in [-0.15, -0.1) is 0 Å². The standard InChI is InChI=1S/C6H13NOS/c1-5(2)8-7-4-6(3)9/h4-6,9H,1-3H3/b7-4+. The number of rotatable bonds is 3. The van der Waals surface area contributed by atoms with Crippen molar-refractivity contribution in [1.29, 1.82) is 0 Å². The van der Waals surface area contributed by atoms with Gasteiger partial charge in [0.15, 0.2) is 0 Å². The lowest BCUT2D eigenvalue weighted by Crippen LogP contribution is -1.98. The van der Waals surface area contributed by atoms with Crippen molar-refractivity contribution in [3.63, 3.8) is 0 Å². The van der Waals surface area contributed by atoms with Gasteiger partial charge in [0.1, 0.15) is 6.10 Å². The molecule has 0 aromatic rings. The van der Waals surface area contributed by atoms with E-state index < -0.39 is 0 Å². The monoisotopic (exact) mass is 147 g/mol. The summed E-state index contributed by atoms with van der Waals surface area (Å²) in [6.45, 7) is 5.79. The average Bonchev–Trinajstić information content (AvgIpc) is 1.63. The zero-order valence-corrected chi connectivity index (χ0v) is 6.93. The second-order valence-electron chi connectivity index (χ2n) is 2.15. The highest BCUT2D eigenvalue weighted by Gasteiger charge is 1.88. The van der Waals surface area contributed by atoms with Gasteiger partial charge >= 0.3 is 0 Å². The molecule has 3 heteroatoms. The number of nitrogens with zero attached hydrogens (tertiary/aromatic N) is 1. The van der Waals surface area contributed by atoms with Crippen molar-refractivity contribution in [2.75, 3.05) is 0 Å². The molecule has 0 spiro atoms. The smallest absolute Gasteiger partial charge is 0.122 e. The SMILES string of the molecule is CC(S)/C=N/OC(C)C. The van der Waals surface area contributed by atoms with Crippen molar-refractivity contribution in [3.05, 3.63) is 0 Å². The first-order chi connectivity index (χ1) is 4.13. The topological polar surface area (TPSA) is 21.6 Å². The van der Waals surface area contributed by atoms with E-state index in [0.717, 1.165) is 0 Å². The second-order valence-corrected chi connectivity index (χ2v) is 2.96. The van der Waals surface area contributed by atoms with E-state index in [1.54, 1.807) is 6.21 Å². The molecular formula is C6H13NOS. The summed E-state index contributed by atoms with van der Waals surface area (Å²) in [4.78, 5) is 4.87. The third kappa shape index (κ3) is 7.82. The van der Waals surface area contributed by atoms with Crippen LogP contribution in [0.2, 0.25) is 0 Å². The highest BCUT2D eigenvalue weighted by molar-refractivity contribution is 7.81. The molecule has 1 atom stereocenters. The van der Waals surface area contributed by atoms with E-state index in [9.17, 15) is 0 Å². The molecule has 0 amide bonds. The lowest BCUT2D eigenvalue weighted by Gasteiger charge is -2.00. The second kappa shape index (κ2) is 4.68. The lowest BCUT2D eigenvalue weighted by atomic mass is 10.5. The molecule has 0 bridgehead atoms. The summed E-state index contributed by atoms with van der Waals surface area (Å²) in [5.74, 6) is 0. The molecule has 0 aliphatic heterocycles. The molecule has 0 fully saturated rings. The van der Waals surface area contributed by atoms with Gasteiger partial charge in [-0.1, -0.05) is 5.16 Å². The molecule has 0 rings (SSSR count). The Morgan fingerprint density at radius 1 is 1.44 bits per heavy atom. The van der Waals surface area contributed by atoms with E-state index in [0.29, 0.717) is 0 Å². The molecule has 0 aromatic heterocycles. The third-order valence-corrected chi connectivity index (χ3v) is 0.682. The lowest BCUT2D eigenvalue weighted by molar-refractivity contribution is 0.0869. The molecule has 0 aliphatic rings. The van der Waals surface area contributed by atoms with Gasteiger partial charge in [-0.3, -0.25) is 0 Å². The van der Waals surface area contributed by atoms with Crippen LogP contribution in [0.1, 0.15) is 20.8 Å². The van der Waals surface area contributed by atoms with E-state index in [1.807, 2.05) is 20.8 Å². The van der Waals surface area contributed by atoms with Crippen molar-refractivity contribution >= 4 is 18.8 Å². The van der Waals surface area contributed by atoms with Crippen LogP contribution in [0.25, 0.3) is 0 Å². The molecule has 0 radical (unpaired) electrons. The molecule has 1 unspecified atom stereocenters. The Labute approximate surface area is 61.7 Å². The van der Waals surface area contributed by atoms with Crippen LogP contribution in [0.15, 0.2) is 5.16 Å². The van der Waals surface area contributed by atoms with Gasteiger partial charge in [-0.2, -0.15) is 12.6 Å². The van der Waals surface area contributed by atoms with Gasteiger partial charge in [0.05, 0.1) is 6.21 Å². The van der Waals surface area contributed by atoms with Crippen LogP contribution in [0, 0.1) is 0 Å². The van der Waals surface area contributed by atoms with Gasteiger partial charge in [0.25, 0.3) is 0 Å². The number of hydrogen-bond donors (Lipinski definition) is 1. The van der Waals surface area contributed by atoms with Crippen molar-refractivity contribution < 1.29 is 4.84 Å². The maximum Gasteiger partial charge on any atom is 0.122 e. The van der Waals surface area contributed by atoms with Gasteiger partial charge < -0.3 is 4.84 Å². The Morgan fingerprint density at radius 2 is 2.00 bits per heavy atom. The molecule has 2 nitrogen and oxygen atoms in total. The fraction of sp³-hybridized carbons (Fsp3) is 0.833. The van der Waals surface area contributed by atoms with Gasteiger partial charge in [-0.05, 0) is 20.8 Å². The van der Waals surface area contributed by atoms with Gasteiger partial charge in [0, 0.05) is 5.25 Å². The molecule has 0 saturated carbocycles. The summed E-state index contributed by atoms with van der Waals surface area (Å²) in [6.07, 6.45) is 1.82. The number of hydrogen-bond acceptors (Lipinski definition) is 3. The average molecular weight is 147 g/mol. The fourth-order valence-electron chi connectivity index (χ4n) is 0.245. The summed E-state index contributed by atoms with van der Waals surface area (Å²) < 4.78 is 0. The van der Waals surface area contributed by atoms with Crippen molar-refractivity contribution in [2.24, 2.45) is 5.16 Å². The quantitative estimate of drug-likeness (QED) is 0.366. The normalized spacial score (nSPS) is 14.8. The molecule has 0 aromatic carbocycles. The third-order valence-electron chi connectivity index (χ3n) is 0.548. The summed E-state index contributed by atoms with van der Waals surface area (Å²) in [5, 5.41) is 3.84. The van der Waals surface area contributed by atoms with Crippen LogP contribution in [0.3, 0.4) is 0 Å². The van der Waals surface area contributed by atoms with Crippen LogP contribution < -0.4 is 0 Å². The fourth-order valence-corrected chi connectivity index (χ4v) is 0.299. The number of thiol groups is 1. The van der Waals surface area contributed by atoms with Gasteiger partial charge in [-0.25, -0.2) is 0 Å².